The Labute approximate surface area is 471 Å². The van der Waals surface area contributed by atoms with Gasteiger partial charge in [-0.2, -0.15) is 5.26 Å². The molecule has 2 aliphatic rings. The van der Waals surface area contributed by atoms with Crippen LogP contribution in [0.5, 0.6) is 17.2 Å². The first-order valence-electron chi connectivity index (χ1n) is 26.6. The third-order valence-corrected chi connectivity index (χ3v) is 15.5. The van der Waals surface area contributed by atoms with E-state index in [9.17, 15) is 24.8 Å². The number of aliphatic hydroxyl groups is 1. The van der Waals surface area contributed by atoms with E-state index in [0.717, 1.165) is 93.1 Å². The highest BCUT2D eigenvalue weighted by molar-refractivity contribution is 7.13. The van der Waals surface area contributed by atoms with Crippen LogP contribution in [-0.2, 0) is 30.4 Å². The van der Waals surface area contributed by atoms with Crippen molar-refractivity contribution in [3.63, 3.8) is 0 Å². The maximum atomic E-state index is 14.0. The second kappa shape index (κ2) is 28.9. The van der Waals surface area contributed by atoms with Gasteiger partial charge in [-0.25, -0.2) is 4.98 Å². The fourth-order valence-corrected chi connectivity index (χ4v) is 10.9. The van der Waals surface area contributed by atoms with Crippen LogP contribution in [-0.4, -0.2) is 159 Å². The molecule has 5 aromatic rings. The molecule has 3 aromatic carbocycles. The smallest absolute Gasteiger partial charge is 0.246 e. The number of piperazine rings is 1. The van der Waals surface area contributed by atoms with Crippen molar-refractivity contribution in [1.29, 1.82) is 5.26 Å². The average Bonchev–Trinajstić information content (AvgIpc) is 4.11. The van der Waals surface area contributed by atoms with Gasteiger partial charge in [-0.3, -0.25) is 19.4 Å². The number of rotatable bonds is 27. The molecule has 3 atom stereocenters. The maximum absolute atomic E-state index is 14.0. The number of β-amino-alcohol motifs (C(OH)–C–C–N with tert-alkyl or cyclic N) is 1. The van der Waals surface area contributed by atoms with Crippen molar-refractivity contribution < 1.29 is 43.2 Å². The number of benzene rings is 3. The van der Waals surface area contributed by atoms with Crippen LogP contribution in [0.15, 0.2) is 60.2 Å². The Kier molecular flexibility index (Phi) is 22.2. The number of hydrogen-bond acceptors (Lipinski definition) is 16. The van der Waals surface area contributed by atoms with Crippen LogP contribution < -0.4 is 30.2 Å². The number of aliphatic hydroxyl groups excluding tert-OH is 1. The number of unbranched alkanes of at least 4 members (excludes halogenated alkanes) is 3. The van der Waals surface area contributed by atoms with Gasteiger partial charge in [-0.1, -0.05) is 81.1 Å². The molecule has 0 bridgehead atoms. The van der Waals surface area contributed by atoms with Crippen molar-refractivity contribution in [3.8, 4) is 33.8 Å². The molecule has 2 aromatic heterocycles. The number of thiazole rings is 1. The lowest BCUT2D eigenvalue weighted by Gasteiger charge is -2.35. The Morgan fingerprint density at radius 1 is 0.859 bits per heavy atom. The number of carbonyl (C=O) groups excluding carboxylic acids is 3. The zero-order chi connectivity index (χ0) is 55.8. The summed E-state index contributed by atoms with van der Waals surface area (Å²) in [5.41, 5.74) is 6.05. The molecule has 7 rings (SSSR count). The molecule has 420 valence electrons. The molecule has 0 spiro atoms. The van der Waals surface area contributed by atoms with Crippen LogP contribution in [0, 0.1) is 23.7 Å². The van der Waals surface area contributed by atoms with Gasteiger partial charge in [0.1, 0.15) is 30.5 Å². The summed E-state index contributed by atoms with van der Waals surface area (Å²) in [6.45, 7) is 15.3. The Balaban J connectivity index is 0.725. The number of amides is 3. The average molecular weight is 1130 g/mol. The number of likely N-dealkylation sites (tertiary alicyclic amines) is 1. The van der Waals surface area contributed by atoms with Crippen LogP contribution in [0.25, 0.3) is 21.3 Å². The molecular formula is C57H73Cl2N9O9S. The van der Waals surface area contributed by atoms with Gasteiger partial charge in [-0.15, -0.1) is 11.3 Å². The first-order chi connectivity index (χ1) is 37.6. The number of aryl methyl sites for hydroxylation is 1. The molecule has 21 heteroatoms. The minimum Gasteiger partial charge on any atom is -0.495 e. The number of ether oxygens (including phenoxy) is 5. The standard InChI is InChI=1S/C57H73Cl2N9O9S/c1-37-53(78-36-63-37)39-14-12-38(13-15-39)32-62-55(71)47-26-41(69)34-68(47)56(72)54(57(2,3)4)65-51(70)35-76-25-24-75-22-10-8-7-9-16-66-18-20-67(21-19-66)17-11-23-77-50-29-45-42(27-49(50)74-6)52(40(31-60)33-61-45)64-46-30-48(73-5)44(59)28-43(46)58/h12-15,27-30,33,36,41,47,54,69H,7-11,16-26,32,34-35H2,1-6H3,(H,61,64)(H,62,71)(H,65,70). The number of nitrogens with one attached hydrogen (secondary N) is 3. The number of anilines is 2. The van der Waals surface area contributed by atoms with E-state index in [2.05, 4.69) is 41.8 Å². The lowest BCUT2D eigenvalue weighted by Crippen LogP contribution is -2.58. The van der Waals surface area contributed by atoms with Crippen molar-refractivity contribution in [3.05, 3.63) is 87.1 Å². The molecule has 3 amide bonds. The summed E-state index contributed by atoms with van der Waals surface area (Å²) in [5.74, 6) is 0.302. The van der Waals surface area contributed by atoms with E-state index in [1.165, 1.54) is 18.2 Å². The highest BCUT2D eigenvalue weighted by atomic mass is 35.5. The van der Waals surface area contributed by atoms with E-state index in [0.29, 0.717) is 75.0 Å². The summed E-state index contributed by atoms with van der Waals surface area (Å²) >= 11 is 14.3. The number of nitriles is 1. The summed E-state index contributed by atoms with van der Waals surface area (Å²) in [6.07, 6.45) is 5.85. The lowest BCUT2D eigenvalue weighted by molar-refractivity contribution is -0.144. The normalized spacial score (nSPS) is 16.4. The van der Waals surface area contributed by atoms with Gasteiger partial charge in [0.05, 0.1) is 88.7 Å². The molecule has 0 saturated carbocycles. The molecule has 2 fully saturated rings. The van der Waals surface area contributed by atoms with Gasteiger partial charge in [-0.05, 0) is 61.4 Å². The van der Waals surface area contributed by atoms with Gasteiger partial charge in [0.2, 0.25) is 17.7 Å². The fraction of sp³-hybridized carbons (Fsp3) is 0.509. The van der Waals surface area contributed by atoms with Gasteiger partial charge >= 0.3 is 0 Å². The van der Waals surface area contributed by atoms with E-state index >= 15 is 0 Å². The number of methoxy groups -OCH3 is 2. The lowest BCUT2D eigenvalue weighted by atomic mass is 9.85. The molecule has 3 unspecified atom stereocenters. The van der Waals surface area contributed by atoms with Crippen LogP contribution in [0.3, 0.4) is 0 Å². The van der Waals surface area contributed by atoms with Gasteiger partial charge < -0.3 is 59.4 Å². The fourth-order valence-electron chi connectivity index (χ4n) is 9.58. The molecule has 0 aliphatic carbocycles. The highest BCUT2D eigenvalue weighted by Gasteiger charge is 2.44. The predicted molar refractivity (Wildman–Crippen MR) is 304 cm³/mol. The van der Waals surface area contributed by atoms with Gasteiger partial charge in [0, 0.05) is 82.6 Å². The van der Waals surface area contributed by atoms with Crippen molar-refractivity contribution >= 4 is 74.5 Å². The molecular weight excluding hydrogens is 1060 g/mol. The molecule has 2 aliphatic heterocycles. The number of pyridine rings is 1. The molecule has 18 nitrogen and oxygen atoms in total. The van der Waals surface area contributed by atoms with E-state index in [-0.39, 0.29) is 38.6 Å². The predicted octanol–water partition coefficient (Wildman–Crippen LogP) is 8.40. The zero-order valence-corrected chi connectivity index (χ0v) is 47.8. The topological polar surface area (TPSA) is 213 Å². The van der Waals surface area contributed by atoms with Crippen LogP contribution >= 0.6 is 34.5 Å². The summed E-state index contributed by atoms with van der Waals surface area (Å²) in [6, 6.07) is 15.2. The summed E-state index contributed by atoms with van der Waals surface area (Å²) in [7, 11) is 3.10. The van der Waals surface area contributed by atoms with Gasteiger partial charge in [0.15, 0.2) is 11.5 Å². The van der Waals surface area contributed by atoms with Crippen LogP contribution in [0.1, 0.15) is 76.1 Å². The van der Waals surface area contributed by atoms with E-state index in [1.54, 1.807) is 30.6 Å². The van der Waals surface area contributed by atoms with Crippen LogP contribution in [0.2, 0.25) is 10.0 Å². The Morgan fingerprint density at radius 3 is 2.24 bits per heavy atom. The second-order valence-corrected chi connectivity index (χ2v) is 22.3. The minimum atomic E-state index is -0.944. The van der Waals surface area contributed by atoms with Crippen molar-refractivity contribution in [2.24, 2.45) is 5.41 Å². The third-order valence-electron chi connectivity index (χ3n) is 13.9. The summed E-state index contributed by atoms with van der Waals surface area (Å²) in [5, 5.41) is 31.0. The van der Waals surface area contributed by atoms with Crippen molar-refractivity contribution in [2.75, 3.05) is 98.4 Å². The highest BCUT2D eigenvalue weighted by Crippen LogP contribution is 2.41. The summed E-state index contributed by atoms with van der Waals surface area (Å²) < 4.78 is 28.7. The quantitative estimate of drug-likeness (QED) is 0.0364. The van der Waals surface area contributed by atoms with Crippen LogP contribution in [0.4, 0.5) is 11.4 Å². The molecule has 4 N–H and O–H groups in total. The van der Waals surface area contributed by atoms with E-state index in [4.69, 9.17) is 46.9 Å². The SMILES string of the molecule is COc1cc(Nc2c(C#N)cnc3cc(OCCCN4CCN(CCCCCCOCCOCC(=O)NC(C(=O)N5CC(O)CC5C(=O)NCc5ccc(-c6scnc6C)cc5)C(C)(C)C)CC4)c(OC)cc23)c(Cl)cc1Cl. The largest absolute Gasteiger partial charge is 0.495 e. The third kappa shape index (κ3) is 16.4. The van der Waals surface area contributed by atoms with Crippen molar-refractivity contribution in [2.45, 2.75) is 91.0 Å². The Hall–Kier alpha value is -5.82. The Morgan fingerprint density at radius 2 is 1.56 bits per heavy atom. The summed E-state index contributed by atoms with van der Waals surface area (Å²) in [4.78, 5) is 56.8. The maximum Gasteiger partial charge on any atom is 0.246 e. The number of hydrogen-bond donors (Lipinski definition) is 4. The number of carbonyl (C=O) groups is 3. The molecule has 78 heavy (non-hydrogen) atoms. The number of fused-ring (bicyclic) bond motifs is 1. The Bertz CT molecular complexity index is 2850. The zero-order valence-electron chi connectivity index (χ0n) is 45.5. The first-order valence-corrected chi connectivity index (χ1v) is 28.2. The molecule has 4 heterocycles. The number of aromatic nitrogens is 2. The van der Waals surface area contributed by atoms with Gasteiger partial charge in [0.25, 0.3) is 0 Å². The second-order valence-electron chi connectivity index (χ2n) is 20.7. The minimum absolute atomic E-state index is 0.00394. The first kappa shape index (κ1) is 59.8. The monoisotopic (exact) mass is 1130 g/mol. The van der Waals surface area contributed by atoms with E-state index in [1.807, 2.05) is 69.6 Å². The number of halogens is 2. The van der Waals surface area contributed by atoms with Crippen molar-refractivity contribution in [1.82, 2.24) is 35.3 Å². The molecule has 2 saturated heterocycles. The van der Waals surface area contributed by atoms with E-state index < -0.39 is 35.4 Å². The number of nitrogens with zero attached hydrogens (tertiary/aromatic N) is 6. The molecule has 0 radical (unpaired) electrons.